The number of aryl methyl sites for hydroxylation is 1. The zero-order valence-corrected chi connectivity index (χ0v) is 20.2. The molecule has 3 rings (SSSR count). The van der Waals surface area contributed by atoms with Gasteiger partial charge in [0.1, 0.15) is 17.3 Å². The van der Waals surface area contributed by atoms with Crippen LogP contribution in [0.5, 0.6) is 0 Å². The molecule has 0 N–H and O–H groups in total. The Labute approximate surface area is 202 Å². The zero-order valence-electron chi connectivity index (χ0n) is 20.2. The van der Waals surface area contributed by atoms with Crippen molar-refractivity contribution in [2.75, 3.05) is 32.8 Å². The Morgan fingerprint density at radius 1 is 0.971 bits per heavy atom. The highest BCUT2D eigenvalue weighted by Gasteiger charge is 2.20. The topological polar surface area (TPSA) is 45.9 Å². The number of carbonyl (C=O) groups excluding carboxylic acids is 1. The highest BCUT2D eigenvalue weighted by molar-refractivity contribution is 5.78. The van der Waals surface area contributed by atoms with Crippen LogP contribution in [0.4, 0.5) is 4.39 Å². The van der Waals surface area contributed by atoms with E-state index in [-0.39, 0.29) is 18.3 Å². The van der Waals surface area contributed by atoms with Crippen LogP contribution in [0.2, 0.25) is 0 Å². The molecule has 0 aliphatic carbocycles. The minimum atomic E-state index is -0.253. The smallest absolute Gasteiger partial charge is 0.237 e. The molecule has 2 aromatic carbocycles. The number of ether oxygens (including phenoxy) is 1. The number of halogens is 1. The molecule has 6 heteroatoms. The molecular weight excluding hydrogens is 431 g/mol. The average Bonchev–Trinajstić information content (AvgIpc) is 3.26. The Morgan fingerprint density at radius 3 is 2.44 bits per heavy atom. The van der Waals surface area contributed by atoms with Gasteiger partial charge in [0, 0.05) is 38.4 Å². The van der Waals surface area contributed by atoms with Gasteiger partial charge < -0.3 is 14.1 Å². The van der Waals surface area contributed by atoms with Crippen molar-refractivity contribution in [1.82, 2.24) is 9.80 Å². The van der Waals surface area contributed by atoms with Gasteiger partial charge in [0.05, 0.1) is 13.1 Å². The standard InChI is InChI=1S/C28H35FN2O3/c1-3-33-19-9-17-30(20-25-12-7-8-13-27(25)29)22-28(32)31(21-26-15-14-23(2)34-26)18-16-24-10-5-4-6-11-24/h4-8,10-15H,3,9,16-22H2,1-2H3. The van der Waals surface area contributed by atoms with Gasteiger partial charge in [-0.2, -0.15) is 0 Å². The summed E-state index contributed by atoms with van der Waals surface area (Å²) < 4.78 is 25.5. The Kier molecular flexibility index (Phi) is 10.3. The van der Waals surface area contributed by atoms with Gasteiger partial charge in [0.2, 0.25) is 5.91 Å². The van der Waals surface area contributed by atoms with Crippen LogP contribution in [0.1, 0.15) is 36.0 Å². The summed E-state index contributed by atoms with van der Waals surface area (Å²) in [5.41, 5.74) is 1.76. The molecule has 1 heterocycles. The molecular formula is C28H35FN2O3. The van der Waals surface area contributed by atoms with Crippen molar-refractivity contribution >= 4 is 5.91 Å². The lowest BCUT2D eigenvalue weighted by Crippen LogP contribution is -2.41. The van der Waals surface area contributed by atoms with Gasteiger partial charge in [-0.05, 0) is 50.5 Å². The SMILES string of the molecule is CCOCCCN(CC(=O)N(CCc1ccccc1)Cc1ccc(C)o1)Cc1ccccc1F. The quantitative estimate of drug-likeness (QED) is 0.305. The van der Waals surface area contributed by atoms with Crippen molar-refractivity contribution in [2.45, 2.75) is 39.8 Å². The highest BCUT2D eigenvalue weighted by Crippen LogP contribution is 2.14. The number of hydrogen-bond acceptors (Lipinski definition) is 4. The Bertz CT molecular complexity index is 1010. The zero-order chi connectivity index (χ0) is 24.2. The number of rotatable bonds is 14. The lowest BCUT2D eigenvalue weighted by Gasteiger charge is -2.27. The average molecular weight is 467 g/mol. The van der Waals surface area contributed by atoms with Crippen LogP contribution in [0.15, 0.2) is 71.1 Å². The fraction of sp³-hybridized carbons (Fsp3) is 0.393. The maximum atomic E-state index is 14.3. The van der Waals surface area contributed by atoms with Crippen LogP contribution in [0, 0.1) is 12.7 Å². The van der Waals surface area contributed by atoms with E-state index in [4.69, 9.17) is 9.15 Å². The molecule has 0 saturated heterocycles. The second kappa shape index (κ2) is 13.7. The van der Waals surface area contributed by atoms with Crippen LogP contribution in [0.25, 0.3) is 0 Å². The molecule has 1 aromatic heterocycles. The van der Waals surface area contributed by atoms with Gasteiger partial charge >= 0.3 is 0 Å². The third-order valence-electron chi connectivity index (χ3n) is 5.69. The predicted molar refractivity (Wildman–Crippen MR) is 132 cm³/mol. The van der Waals surface area contributed by atoms with Crippen molar-refractivity contribution in [3.05, 3.63) is 95.2 Å². The third kappa shape index (κ3) is 8.43. The molecule has 0 fully saturated rings. The normalized spacial score (nSPS) is 11.2. The van der Waals surface area contributed by atoms with E-state index in [1.54, 1.807) is 12.1 Å². The fourth-order valence-electron chi connectivity index (χ4n) is 3.87. The van der Waals surface area contributed by atoms with Crippen molar-refractivity contribution in [2.24, 2.45) is 0 Å². The summed E-state index contributed by atoms with van der Waals surface area (Å²) in [5, 5.41) is 0. The van der Waals surface area contributed by atoms with E-state index in [2.05, 4.69) is 12.1 Å². The summed E-state index contributed by atoms with van der Waals surface area (Å²) in [6.07, 6.45) is 1.53. The molecule has 1 amide bonds. The van der Waals surface area contributed by atoms with E-state index in [1.807, 2.05) is 60.0 Å². The Morgan fingerprint density at radius 2 is 1.74 bits per heavy atom. The maximum absolute atomic E-state index is 14.3. The van der Waals surface area contributed by atoms with E-state index in [0.29, 0.717) is 45.0 Å². The lowest BCUT2D eigenvalue weighted by molar-refractivity contribution is -0.133. The lowest BCUT2D eigenvalue weighted by atomic mass is 10.1. The van der Waals surface area contributed by atoms with Gasteiger partial charge in [0.25, 0.3) is 0 Å². The summed E-state index contributed by atoms with van der Waals surface area (Å²) in [6, 6.07) is 20.7. The van der Waals surface area contributed by atoms with E-state index in [1.165, 1.54) is 11.6 Å². The van der Waals surface area contributed by atoms with Crippen molar-refractivity contribution in [3.8, 4) is 0 Å². The Balaban J connectivity index is 1.70. The molecule has 0 unspecified atom stereocenters. The largest absolute Gasteiger partial charge is 0.464 e. The summed E-state index contributed by atoms with van der Waals surface area (Å²) in [6.45, 7) is 7.33. The van der Waals surface area contributed by atoms with Crippen molar-refractivity contribution in [3.63, 3.8) is 0 Å². The summed E-state index contributed by atoms with van der Waals surface area (Å²) >= 11 is 0. The van der Waals surface area contributed by atoms with Gasteiger partial charge in [-0.15, -0.1) is 0 Å². The first-order valence-electron chi connectivity index (χ1n) is 12.0. The first-order chi connectivity index (χ1) is 16.5. The second-order valence-corrected chi connectivity index (χ2v) is 8.42. The van der Waals surface area contributed by atoms with Crippen LogP contribution >= 0.6 is 0 Å². The minimum absolute atomic E-state index is 0.00210. The van der Waals surface area contributed by atoms with Crippen LogP contribution in [0.3, 0.4) is 0 Å². The molecule has 0 aliphatic rings. The summed E-state index contributed by atoms with van der Waals surface area (Å²) in [7, 11) is 0. The van der Waals surface area contributed by atoms with Crippen molar-refractivity contribution in [1.29, 1.82) is 0 Å². The first kappa shape index (κ1) is 25.7. The molecule has 0 radical (unpaired) electrons. The number of benzene rings is 2. The summed E-state index contributed by atoms with van der Waals surface area (Å²) in [4.78, 5) is 17.3. The third-order valence-corrected chi connectivity index (χ3v) is 5.69. The van der Waals surface area contributed by atoms with Gasteiger partial charge in [-0.1, -0.05) is 48.5 Å². The molecule has 3 aromatic rings. The number of hydrogen-bond donors (Lipinski definition) is 0. The predicted octanol–water partition coefficient (Wildman–Crippen LogP) is 5.23. The number of furan rings is 1. The highest BCUT2D eigenvalue weighted by atomic mass is 19.1. The first-order valence-corrected chi connectivity index (χ1v) is 12.0. The molecule has 0 saturated carbocycles. The van der Waals surface area contributed by atoms with Crippen LogP contribution in [-0.2, 0) is 29.0 Å². The number of nitrogens with zero attached hydrogens (tertiary/aromatic N) is 2. The summed E-state index contributed by atoms with van der Waals surface area (Å²) in [5.74, 6) is 1.33. The van der Waals surface area contributed by atoms with E-state index in [9.17, 15) is 9.18 Å². The second-order valence-electron chi connectivity index (χ2n) is 8.42. The molecule has 5 nitrogen and oxygen atoms in total. The molecule has 182 valence electrons. The molecule has 34 heavy (non-hydrogen) atoms. The number of amides is 1. The molecule has 0 spiro atoms. The maximum Gasteiger partial charge on any atom is 0.237 e. The Hall–Kier alpha value is -2.96. The van der Waals surface area contributed by atoms with Gasteiger partial charge in [0.15, 0.2) is 0 Å². The van der Waals surface area contributed by atoms with Crippen LogP contribution in [-0.4, -0.2) is 48.6 Å². The molecule has 0 bridgehead atoms. The number of carbonyl (C=O) groups is 1. The molecule has 0 aliphatic heterocycles. The van der Waals surface area contributed by atoms with Gasteiger partial charge in [-0.25, -0.2) is 4.39 Å². The fourth-order valence-corrected chi connectivity index (χ4v) is 3.87. The van der Waals surface area contributed by atoms with Crippen molar-refractivity contribution < 1.29 is 18.3 Å². The van der Waals surface area contributed by atoms with E-state index in [0.717, 1.165) is 24.4 Å². The monoisotopic (exact) mass is 466 g/mol. The molecule has 0 atom stereocenters. The van der Waals surface area contributed by atoms with E-state index >= 15 is 0 Å². The van der Waals surface area contributed by atoms with Gasteiger partial charge in [-0.3, -0.25) is 9.69 Å². The minimum Gasteiger partial charge on any atom is -0.464 e. The van der Waals surface area contributed by atoms with Crippen LogP contribution < -0.4 is 0 Å². The van der Waals surface area contributed by atoms with E-state index < -0.39 is 0 Å².